The van der Waals surface area contributed by atoms with Crippen LogP contribution in [0.1, 0.15) is 34.7 Å². The summed E-state index contributed by atoms with van der Waals surface area (Å²) in [6.07, 6.45) is 0. The highest BCUT2D eigenvalue weighted by atomic mass is 16.5. The van der Waals surface area contributed by atoms with Crippen LogP contribution in [0, 0.1) is 6.92 Å². The lowest BCUT2D eigenvalue weighted by atomic mass is 10.1. The van der Waals surface area contributed by atoms with Crippen molar-refractivity contribution in [1.29, 1.82) is 0 Å². The second kappa shape index (κ2) is 9.05. The quantitative estimate of drug-likeness (QED) is 0.631. The van der Waals surface area contributed by atoms with Gasteiger partial charge in [-0.1, -0.05) is 30.3 Å². The molecule has 0 saturated heterocycles. The number of aromatic nitrogens is 2. The molecule has 0 bridgehead atoms. The largest absolute Gasteiger partial charge is 0.497 e. The number of aryl methyl sites for hydroxylation is 1. The second-order valence-electron chi connectivity index (χ2n) is 6.52. The Labute approximate surface area is 170 Å². The smallest absolute Gasteiger partial charge is 0.270 e. The summed E-state index contributed by atoms with van der Waals surface area (Å²) in [5.74, 6) is 1.30. The molecule has 3 rings (SSSR count). The van der Waals surface area contributed by atoms with Gasteiger partial charge in [-0.2, -0.15) is 0 Å². The van der Waals surface area contributed by atoms with Gasteiger partial charge in [0.15, 0.2) is 0 Å². The third-order valence-electron chi connectivity index (χ3n) is 4.39. The van der Waals surface area contributed by atoms with E-state index in [2.05, 4.69) is 20.6 Å². The maximum atomic E-state index is 12.7. The number of amides is 1. The SMILES string of the molecule is COc1ccc(Nc2nc(C)cc(C(=O)NC(C)c3ccccc3)n2)c(OC)c1. The molecule has 150 valence electrons. The molecule has 1 aromatic heterocycles. The van der Waals surface area contributed by atoms with E-state index in [1.54, 1.807) is 38.5 Å². The molecule has 2 N–H and O–H groups in total. The summed E-state index contributed by atoms with van der Waals surface area (Å²) in [7, 11) is 3.16. The highest BCUT2D eigenvalue weighted by Gasteiger charge is 2.15. The van der Waals surface area contributed by atoms with Gasteiger partial charge in [0.05, 0.1) is 25.9 Å². The standard InChI is InChI=1S/C22H24N4O3/c1-14-12-19(21(27)24-15(2)16-8-6-5-7-9-16)26-22(23-14)25-18-11-10-17(28-3)13-20(18)29-4/h5-13,15H,1-4H3,(H,24,27)(H,23,25,26). The van der Waals surface area contributed by atoms with Crippen molar-refractivity contribution in [2.75, 3.05) is 19.5 Å². The molecule has 0 radical (unpaired) electrons. The van der Waals surface area contributed by atoms with Gasteiger partial charge in [-0.25, -0.2) is 9.97 Å². The Balaban J connectivity index is 1.80. The first-order valence-electron chi connectivity index (χ1n) is 9.20. The molecule has 7 heteroatoms. The van der Waals surface area contributed by atoms with E-state index in [1.807, 2.05) is 44.2 Å². The van der Waals surface area contributed by atoms with Crippen LogP contribution in [0.25, 0.3) is 0 Å². The Morgan fingerprint density at radius 2 is 1.76 bits per heavy atom. The third-order valence-corrected chi connectivity index (χ3v) is 4.39. The minimum atomic E-state index is -0.267. The Bertz CT molecular complexity index is 993. The van der Waals surface area contributed by atoms with Crippen LogP contribution in [0.3, 0.4) is 0 Å². The van der Waals surface area contributed by atoms with E-state index < -0.39 is 0 Å². The van der Waals surface area contributed by atoms with Crippen molar-refractivity contribution >= 4 is 17.5 Å². The third kappa shape index (κ3) is 5.01. The maximum Gasteiger partial charge on any atom is 0.270 e. The van der Waals surface area contributed by atoms with Gasteiger partial charge in [0.25, 0.3) is 5.91 Å². The predicted molar refractivity (Wildman–Crippen MR) is 112 cm³/mol. The molecule has 3 aromatic rings. The van der Waals surface area contributed by atoms with Crippen molar-refractivity contribution in [2.24, 2.45) is 0 Å². The lowest BCUT2D eigenvalue weighted by Gasteiger charge is -2.15. The number of benzene rings is 2. The molecule has 7 nitrogen and oxygen atoms in total. The Kier molecular flexibility index (Phi) is 6.29. The zero-order valence-corrected chi connectivity index (χ0v) is 16.9. The van der Waals surface area contributed by atoms with Gasteiger partial charge < -0.3 is 20.1 Å². The average molecular weight is 392 g/mol. The van der Waals surface area contributed by atoms with E-state index in [0.717, 1.165) is 5.56 Å². The van der Waals surface area contributed by atoms with Gasteiger partial charge in [0.2, 0.25) is 5.95 Å². The van der Waals surface area contributed by atoms with Crippen LogP contribution in [0.5, 0.6) is 11.5 Å². The number of methoxy groups -OCH3 is 2. The van der Waals surface area contributed by atoms with E-state index >= 15 is 0 Å². The van der Waals surface area contributed by atoms with Crippen LogP contribution >= 0.6 is 0 Å². The molecule has 29 heavy (non-hydrogen) atoms. The van der Waals surface area contributed by atoms with Gasteiger partial charge in [0.1, 0.15) is 17.2 Å². The van der Waals surface area contributed by atoms with Crippen LogP contribution in [-0.2, 0) is 0 Å². The van der Waals surface area contributed by atoms with Gasteiger partial charge in [-0.15, -0.1) is 0 Å². The van der Waals surface area contributed by atoms with E-state index in [1.165, 1.54) is 0 Å². The van der Waals surface area contributed by atoms with Gasteiger partial charge in [0, 0.05) is 11.8 Å². The van der Waals surface area contributed by atoms with E-state index in [-0.39, 0.29) is 17.6 Å². The van der Waals surface area contributed by atoms with Crippen LogP contribution in [-0.4, -0.2) is 30.1 Å². The molecule has 1 atom stereocenters. The zero-order valence-electron chi connectivity index (χ0n) is 16.9. The van der Waals surface area contributed by atoms with E-state index in [9.17, 15) is 4.79 Å². The monoisotopic (exact) mass is 392 g/mol. The van der Waals surface area contributed by atoms with Gasteiger partial charge >= 0.3 is 0 Å². The summed E-state index contributed by atoms with van der Waals surface area (Å²) in [6, 6.07) is 16.6. The molecule has 0 aliphatic rings. The predicted octanol–water partition coefficient (Wildman–Crippen LogP) is 4.04. The number of rotatable bonds is 7. The fraction of sp³-hybridized carbons (Fsp3) is 0.227. The summed E-state index contributed by atoms with van der Waals surface area (Å²) < 4.78 is 10.6. The number of carbonyl (C=O) groups is 1. The zero-order chi connectivity index (χ0) is 20.8. The van der Waals surface area contributed by atoms with E-state index in [0.29, 0.717) is 28.8 Å². The highest BCUT2D eigenvalue weighted by molar-refractivity contribution is 5.93. The molecule has 0 aliphatic heterocycles. The minimum absolute atomic E-state index is 0.142. The minimum Gasteiger partial charge on any atom is -0.497 e. The van der Waals surface area contributed by atoms with Crippen molar-refractivity contribution < 1.29 is 14.3 Å². The lowest BCUT2D eigenvalue weighted by molar-refractivity contribution is 0.0934. The normalized spacial score (nSPS) is 11.4. The number of ether oxygens (including phenoxy) is 2. The van der Waals surface area contributed by atoms with Crippen molar-refractivity contribution in [1.82, 2.24) is 15.3 Å². The Hall–Kier alpha value is -3.61. The van der Waals surface area contributed by atoms with Crippen LogP contribution in [0.15, 0.2) is 54.6 Å². The molecule has 2 aromatic carbocycles. The lowest BCUT2D eigenvalue weighted by Crippen LogP contribution is -2.27. The van der Waals surface area contributed by atoms with Crippen LogP contribution in [0.2, 0.25) is 0 Å². The first-order valence-corrected chi connectivity index (χ1v) is 9.20. The summed E-state index contributed by atoms with van der Waals surface area (Å²) in [5, 5.41) is 6.08. The Morgan fingerprint density at radius 3 is 2.45 bits per heavy atom. The first-order chi connectivity index (χ1) is 14.0. The number of hydrogen-bond acceptors (Lipinski definition) is 6. The van der Waals surface area contributed by atoms with Crippen LogP contribution in [0.4, 0.5) is 11.6 Å². The molecule has 1 amide bonds. The fourth-order valence-corrected chi connectivity index (χ4v) is 2.86. The molecular weight excluding hydrogens is 368 g/mol. The highest BCUT2D eigenvalue weighted by Crippen LogP contribution is 2.30. The molecule has 0 spiro atoms. The summed E-state index contributed by atoms with van der Waals surface area (Å²) in [5.41, 5.74) is 2.65. The molecule has 0 saturated carbocycles. The molecular formula is C22H24N4O3. The van der Waals surface area contributed by atoms with Crippen molar-refractivity contribution in [3.05, 3.63) is 71.5 Å². The van der Waals surface area contributed by atoms with Gasteiger partial charge in [-0.3, -0.25) is 4.79 Å². The van der Waals surface area contributed by atoms with Crippen molar-refractivity contribution in [3.63, 3.8) is 0 Å². The fourth-order valence-electron chi connectivity index (χ4n) is 2.86. The topological polar surface area (TPSA) is 85.4 Å². The molecule has 1 unspecified atom stereocenters. The number of carbonyl (C=O) groups excluding carboxylic acids is 1. The summed E-state index contributed by atoms with van der Waals surface area (Å²) >= 11 is 0. The average Bonchev–Trinajstić information content (AvgIpc) is 2.74. The number of hydrogen-bond donors (Lipinski definition) is 2. The molecule has 0 fully saturated rings. The number of anilines is 2. The summed E-state index contributed by atoms with van der Waals surface area (Å²) in [4.78, 5) is 21.5. The van der Waals surface area contributed by atoms with Crippen molar-refractivity contribution in [3.8, 4) is 11.5 Å². The molecule has 1 heterocycles. The summed E-state index contributed by atoms with van der Waals surface area (Å²) in [6.45, 7) is 3.75. The van der Waals surface area contributed by atoms with E-state index in [4.69, 9.17) is 9.47 Å². The first kappa shape index (κ1) is 20.1. The second-order valence-corrected chi connectivity index (χ2v) is 6.52. The maximum absolute atomic E-state index is 12.7. The number of nitrogens with zero attached hydrogens (tertiary/aromatic N) is 2. The van der Waals surface area contributed by atoms with Gasteiger partial charge in [-0.05, 0) is 37.6 Å². The molecule has 0 aliphatic carbocycles. The van der Waals surface area contributed by atoms with Crippen molar-refractivity contribution in [2.45, 2.75) is 19.9 Å². The Morgan fingerprint density at radius 1 is 1.00 bits per heavy atom. The number of nitrogens with one attached hydrogen (secondary N) is 2. The van der Waals surface area contributed by atoms with Crippen LogP contribution < -0.4 is 20.1 Å².